The highest BCUT2D eigenvalue weighted by molar-refractivity contribution is 7.87. The minimum atomic E-state index is -3.94. The molecule has 8 nitrogen and oxygen atoms in total. The van der Waals surface area contributed by atoms with E-state index in [4.69, 9.17) is 5.11 Å². The van der Waals surface area contributed by atoms with E-state index in [1.807, 2.05) is 0 Å². The van der Waals surface area contributed by atoms with Crippen molar-refractivity contribution in [1.29, 1.82) is 0 Å². The van der Waals surface area contributed by atoms with Gasteiger partial charge in [0.1, 0.15) is 6.04 Å². The van der Waals surface area contributed by atoms with Gasteiger partial charge in [0.25, 0.3) is 10.2 Å². The van der Waals surface area contributed by atoms with Crippen molar-refractivity contribution in [3.05, 3.63) is 0 Å². The van der Waals surface area contributed by atoms with E-state index in [1.54, 1.807) is 6.92 Å². The van der Waals surface area contributed by atoms with Crippen molar-refractivity contribution in [1.82, 2.24) is 9.03 Å². The molecular formula is C11H20N2O6S. The molecule has 9 heteroatoms. The first-order valence-corrected chi connectivity index (χ1v) is 7.80. The van der Waals surface area contributed by atoms with Crippen molar-refractivity contribution in [3.63, 3.8) is 0 Å². The van der Waals surface area contributed by atoms with E-state index in [-0.39, 0.29) is 6.04 Å². The third-order valence-corrected chi connectivity index (χ3v) is 4.98. The average Bonchev–Trinajstić information content (AvgIpc) is 2.37. The molecule has 1 aliphatic rings. The van der Waals surface area contributed by atoms with E-state index in [0.29, 0.717) is 6.54 Å². The lowest BCUT2D eigenvalue weighted by Crippen LogP contribution is -2.52. The molecule has 1 unspecified atom stereocenters. The Morgan fingerprint density at radius 1 is 1.45 bits per heavy atom. The van der Waals surface area contributed by atoms with Crippen LogP contribution in [0.15, 0.2) is 0 Å². The predicted molar refractivity (Wildman–Crippen MR) is 70.1 cm³/mol. The second kappa shape index (κ2) is 7.00. The summed E-state index contributed by atoms with van der Waals surface area (Å²) in [5.74, 6) is -2.20. The number of ether oxygens (including phenoxy) is 1. The minimum Gasteiger partial charge on any atom is -0.480 e. The van der Waals surface area contributed by atoms with Crippen LogP contribution in [0.4, 0.5) is 0 Å². The van der Waals surface area contributed by atoms with E-state index in [1.165, 1.54) is 4.31 Å². The lowest BCUT2D eigenvalue weighted by molar-refractivity contribution is -0.147. The highest BCUT2D eigenvalue weighted by Gasteiger charge is 2.34. The second-order valence-electron chi connectivity index (χ2n) is 4.75. The summed E-state index contributed by atoms with van der Waals surface area (Å²) in [6, 6.07) is -1.71. The zero-order valence-corrected chi connectivity index (χ0v) is 12.4. The summed E-state index contributed by atoms with van der Waals surface area (Å²) in [6.45, 7) is 2.12. The number of hydrogen-bond donors (Lipinski definition) is 2. The fraction of sp³-hybridized carbons (Fsp3) is 0.818. The maximum Gasteiger partial charge on any atom is 0.322 e. The van der Waals surface area contributed by atoms with Gasteiger partial charge >= 0.3 is 11.9 Å². The van der Waals surface area contributed by atoms with Crippen LogP contribution in [-0.2, 0) is 24.5 Å². The monoisotopic (exact) mass is 308 g/mol. The van der Waals surface area contributed by atoms with Gasteiger partial charge in [0, 0.05) is 12.6 Å². The molecule has 1 fully saturated rings. The number of carbonyl (C=O) groups excluding carboxylic acids is 1. The van der Waals surface area contributed by atoms with Gasteiger partial charge in [-0.3, -0.25) is 9.59 Å². The van der Waals surface area contributed by atoms with E-state index in [0.717, 1.165) is 26.4 Å². The Morgan fingerprint density at radius 2 is 2.10 bits per heavy atom. The molecular weight excluding hydrogens is 288 g/mol. The van der Waals surface area contributed by atoms with Crippen molar-refractivity contribution in [2.24, 2.45) is 0 Å². The first kappa shape index (κ1) is 16.9. The molecule has 0 aliphatic carbocycles. The lowest BCUT2D eigenvalue weighted by atomic mass is 10.1. The highest BCUT2D eigenvalue weighted by atomic mass is 32.2. The molecule has 1 saturated heterocycles. The molecule has 20 heavy (non-hydrogen) atoms. The molecule has 1 aliphatic heterocycles. The fourth-order valence-corrected chi connectivity index (χ4v) is 3.73. The summed E-state index contributed by atoms with van der Waals surface area (Å²) in [5.41, 5.74) is 0. The van der Waals surface area contributed by atoms with Crippen LogP contribution in [0.1, 0.15) is 32.6 Å². The van der Waals surface area contributed by atoms with Crippen LogP contribution >= 0.6 is 0 Å². The van der Waals surface area contributed by atoms with Crippen LogP contribution < -0.4 is 4.72 Å². The normalized spacial score (nSPS) is 22.2. The number of carbonyl (C=O) groups is 2. The number of aliphatic carboxylic acids is 1. The summed E-state index contributed by atoms with van der Waals surface area (Å²) in [4.78, 5) is 22.2. The summed E-state index contributed by atoms with van der Waals surface area (Å²) in [6.07, 6.45) is 1.86. The summed E-state index contributed by atoms with van der Waals surface area (Å²) < 4.78 is 32.0. The van der Waals surface area contributed by atoms with Gasteiger partial charge in [-0.2, -0.15) is 17.4 Å². The Kier molecular flexibility index (Phi) is 5.90. The van der Waals surface area contributed by atoms with Crippen LogP contribution in [0, 0.1) is 0 Å². The largest absolute Gasteiger partial charge is 0.480 e. The minimum absolute atomic E-state index is 0.186. The molecule has 0 saturated carbocycles. The van der Waals surface area contributed by atoms with E-state index < -0.39 is 34.6 Å². The van der Waals surface area contributed by atoms with Crippen molar-refractivity contribution in [3.8, 4) is 0 Å². The van der Waals surface area contributed by atoms with E-state index in [9.17, 15) is 18.0 Å². The molecule has 0 amide bonds. The molecule has 2 atom stereocenters. The standard InChI is InChI=1S/C11H20N2O6S/c1-8-5-3-4-6-13(8)20(17,18)12-9(11(15)16)7-10(14)19-2/h8-9,12H,3-7H2,1-2H3,(H,15,16)/t8?,9-/m0/s1. The number of nitrogens with one attached hydrogen (secondary N) is 1. The van der Waals surface area contributed by atoms with Gasteiger partial charge in [-0.05, 0) is 19.8 Å². The van der Waals surface area contributed by atoms with E-state index >= 15 is 0 Å². The second-order valence-corrected chi connectivity index (χ2v) is 6.40. The van der Waals surface area contributed by atoms with Gasteiger partial charge in [-0.1, -0.05) is 6.42 Å². The first-order valence-electron chi connectivity index (χ1n) is 6.36. The molecule has 2 N–H and O–H groups in total. The van der Waals surface area contributed by atoms with Crippen LogP contribution in [0.3, 0.4) is 0 Å². The maximum atomic E-state index is 12.2. The number of methoxy groups -OCH3 is 1. The Balaban J connectivity index is 2.80. The topological polar surface area (TPSA) is 113 Å². The fourth-order valence-electron chi connectivity index (χ4n) is 2.11. The van der Waals surface area contributed by atoms with Crippen LogP contribution in [0.25, 0.3) is 0 Å². The number of nitrogens with zero attached hydrogens (tertiary/aromatic N) is 1. The smallest absolute Gasteiger partial charge is 0.322 e. The number of piperidine rings is 1. The van der Waals surface area contributed by atoms with Gasteiger partial charge in [-0.15, -0.1) is 0 Å². The van der Waals surface area contributed by atoms with Crippen molar-refractivity contribution in [2.75, 3.05) is 13.7 Å². The number of esters is 1. The van der Waals surface area contributed by atoms with Gasteiger partial charge in [0.05, 0.1) is 13.5 Å². The molecule has 0 bridgehead atoms. The predicted octanol–water partition coefficient (Wildman–Crippen LogP) is -0.288. The van der Waals surface area contributed by atoms with Crippen molar-refractivity contribution in [2.45, 2.75) is 44.7 Å². The molecule has 0 aromatic carbocycles. The van der Waals surface area contributed by atoms with Gasteiger partial charge in [-0.25, -0.2) is 0 Å². The summed E-state index contributed by atoms with van der Waals surface area (Å²) >= 11 is 0. The van der Waals surface area contributed by atoms with E-state index in [2.05, 4.69) is 9.46 Å². The molecule has 0 aromatic heterocycles. The maximum absolute atomic E-state index is 12.2. The molecule has 0 aromatic rings. The number of carboxylic acids is 1. The SMILES string of the molecule is COC(=O)C[C@H](NS(=O)(=O)N1CCCCC1C)C(=O)O. The average molecular weight is 308 g/mol. The highest BCUT2D eigenvalue weighted by Crippen LogP contribution is 2.19. The van der Waals surface area contributed by atoms with Crippen LogP contribution in [-0.4, -0.2) is 55.5 Å². The van der Waals surface area contributed by atoms with Gasteiger partial charge in [0.15, 0.2) is 0 Å². The zero-order chi connectivity index (χ0) is 15.3. The summed E-state index contributed by atoms with van der Waals surface area (Å²) in [5, 5.41) is 8.99. The molecule has 0 spiro atoms. The third-order valence-electron chi connectivity index (χ3n) is 3.24. The van der Waals surface area contributed by atoms with Crippen LogP contribution in [0.5, 0.6) is 0 Å². The summed E-state index contributed by atoms with van der Waals surface area (Å²) in [7, 11) is -2.82. The van der Waals surface area contributed by atoms with Crippen molar-refractivity contribution >= 4 is 22.1 Å². The van der Waals surface area contributed by atoms with Gasteiger partial charge in [0.2, 0.25) is 0 Å². The van der Waals surface area contributed by atoms with Crippen molar-refractivity contribution < 1.29 is 27.9 Å². The van der Waals surface area contributed by atoms with Crippen LogP contribution in [0.2, 0.25) is 0 Å². The van der Waals surface area contributed by atoms with Gasteiger partial charge < -0.3 is 9.84 Å². The Hall–Kier alpha value is -1.19. The Labute approximate surface area is 118 Å². The third kappa shape index (κ3) is 4.43. The molecule has 1 rings (SSSR count). The zero-order valence-electron chi connectivity index (χ0n) is 11.5. The Bertz CT molecular complexity index is 464. The lowest BCUT2D eigenvalue weighted by Gasteiger charge is -2.32. The molecule has 116 valence electrons. The molecule has 1 heterocycles. The first-order chi connectivity index (χ1) is 9.27. The quantitative estimate of drug-likeness (QED) is 0.652. The Morgan fingerprint density at radius 3 is 2.60 bits per heavy atom. The number of rotatable bonds is 6. The molecule has 0 radical (unpaired) electrons. The number of carboxylic acid groups (broad SMARTS) is 1. The number of hydrogen-bond acceptors (Lipinski definition) is 5.